The molecule has 2 saturated heterocycles. The molecule has 1 aromatic carbocycles. The first kappa shape index (κ1) is 15.5. The van der Waals surface area contributed by atoms with Gasteiger partial charge in [0.15, 0.2) is 0 Å². The predicted molar refractivity (Wildman–Crippen MR) is 85.3 cm³/mol. The molecule has 2 fully saturated rings. The van der Waals surface area contributed by atoms with Crippen molar-refractivity contribution >= 4 is 15.9 Å². The molecule has 2 aliphatic heterocycles. The number of halogens is 1. The largest absolute Gasteiger partial charge is 0.388 e. The fourth-order valence-corrected chi connectivity index (χ4v) is 3.89. The molecule has 4 heteroatoms. The average Bonchev–Trinajstić information content (AvgIpc) is 2.50. The Hall–Kier alpha value is -0.420. The van der Waals surface area contributed by atoms with Gasteiger partial charge in [0.1, 0.15) is 0 Å². The lowest BCUT2D eigenvalue weighted by Gasteiger charge is -2.44. The third kappa shape index (κ3) is 3.34. The van der Waals surface area contributed by atoms with Crippen LogP contribution in [0.2, 0.25) is 0 Å². The lowest BCUT2D eigenvalue weighted by Crippen LogP contribution is -2.45. The average molecular weight is 355 g/mol. The first-order chi connectivity index (χ1) is 10.1. The topological polar surface area (TPSA) is 38.7 Å². The first-order valence-corrected chi connectivity index (χ1v) is 8.55. The van der Waals surface area contributed by atoms with Crippen molar-refractivity contribution in [1.29, 1.82) is 0 Å². The van der Waals surface area contributed by atoms with E-state index in [0.29, 0.717) is 0 Å². The Morgan fingerprint density at radius 1 is 1.29 bits per heavy atom. The van der Waals surface area contributed by atoms with Crippen molar-refractivity contribution in [2.45, 2.75) is 44.3 Å². The van der Waals surface area contributed by atoms with Crippen molar-refractivity contribution < 1.29 is 14.6 Å². The quantitative estimate of drug-likeness (QED) is 0.878. The van der Waals surface area contributed by atoms with Crippen molar-refractivity contribution in [2.75, 3.05) is 19.8 Å². The van der Waals surface area contributed by atoms with Crippen molar-refractivity contribution in [3.8, 4) is 0 Å². The maximum atomic E-state index is 10.8. The SMILES string of the molecule is Cc1ccc(C(O)C2CCOC3(CCOCC3)C2)cc1Br. The minimum atomic E-state index is -0.412. The summed E-state index contributed by atoms with van der Waals surface area (Å²) in [6.07, 6.45) is 3.35. The fourth-order valence-electron chi connectivity index (χ4n) is 3.49. The molecule has 3 nitrogen and oxygen atoms in total. The zero-order valence-corrected chi connectivity index (χ0v) is 14.1. The van der Waals surface area contributed by atoms with E-state index in [0.717, 1.165) is 55.5 Å². The Bertz CT molecular complexity index is 491. The highest BCUT2D eigenvalue weighted by atomic mass is 79.9. The van der Waals surface area contributed by atoms with E-state index in [9.17, 15) is 5.11 Å². The predicted octanol–water partition coefficient (Wildman–Crippen LogP) is 3.77. The molecule has 3 rings (SSSR count). The van der Waals surface area contributed by atoms with Gasteiger partial charge < -0.3 is 14.6 Å². The van der Waals surface area contributed by atoms with E-state index in [2.05, 4.69) is 28.9 Å². The second kappa shape index (κ2) is 6.37. The molecular formula is C17H23BrO3. The van der Waals surface area contributed by atoms with Crippen LogP contribution in [0.15, 0.2) is 22.7 Å². The molecule has 1 spiro atoms. The third-order valence-electron chi connectivity index (χ3n) is 4.92. The van der Waals surface area contributed by atoms with E-state index >= 15 is 0 Å². The first-order valence-electron chi connectivity index (χ1n) is 7.75. The number of hydrogen-bond donors (Lipinski definition) is 1. The lowest BCUT2D eigenvalue weighted by molar-refractivity contribution is -0.159. The summed E-state index contributed by atoms with van der Waals surface area (Å²) in [5.74, 6) is 0.270. The van der Waals surface area contributed by atoms with Gasteiger partial charge in [0.2, 0.25) is 0 Å². The molecule has 1 aromatic rings. The molecule has 0 saturated carbocycles. The molecule has 21 heavy (non-hydrogen) atoms. The third-order valence-corrected chi connectivity index (χ3v) is 5.77. The van der Waals surface area contributed by atoms with E-state index in [1.807, 2.05) is 12.1 Å². The number of benzene rings is 1. The zero-order valence-electron chi connectivity index (χ0n) is 12.5. The Kier molecular flexibility index (Phi) is 4.69. The van der Waals surface area contributed by atoms with E-state index in [1.165, 1.54) is 5.56 Å². The molecule has 2 aliphatic rings. The summed E-state index contributed by atoms with van der Waals surface area (Å²) in [5.41, 5.74) is 2.13. The van der Waals surface area contributed by atoms with Crippen LogP contribution >= 0.6 is 15.9 Å². The number of ether oxygens (including phenoxy) is 2. The number of aryl methyl sites for hydroxylation is 1. The van der Waals surface area contributed by atoms with E-state index in [4.69, 9.17) is 9.47 Å². The van der Waals surface area contributed by atoms with Crippen LogP contribution in [0.3, 0.4) is 0 Å². The highest BCUT2D eigenvalue weighted by molar-refractivity contribution is 9.10. The van der Waals surface area contributed by atoms with Crippen LogP contribution in [-0.4, -0.2) is 30.5 Å². The van der Waals surface area contributed by atoms with Crippen LogP contribution in [0.4, 0.5) is 0 Å². The monoisotopic (exact) mass is 354 g/mol. The minimum absolute atomic E-state index is 0.0654. The van der Waals surface area contributed by atoms with Gasteiger partial charge in [0.25, 0.3) is 0 Å². The van der Waals surface area contributed by atoms with E-state index in [1.54, 1.807) is 0 Å². The molecule has 0 amide bonds. The van der Waals surface area contributed by atoms with E-state index in [-0.39, 0.29) is 11.5 Å². The van der Waals surface area contributed by atoms with Gasteiger partial charge in [-0.25, -0.2) is 0 Å². The zero-order chi connectivity index (χ0) is 14.9. The van der Waals surface area contributed by atoms with Crippen LogP contribution in [0.5, 0.6) is 0 Å². The molecule has 0 bridgehead atoms. The molecule has 2 atom stereocenters. The van der Waals surface area contributed by atoms with Gasteiger partial charge in [-0.15, -0.1) is 0 Å². The molecule has 2 unspecified atom stereocenters. The normalized spacial score (nSPS) is 26.7. The molecule has 0 aromatic heterocycles. The Balaban J connectivity index is 1.74. The highest BCUT2D eigenvalue weighted by Gasteiger charge is 2.41. The summed E-state index contributed by atoms with van der Waals surface area (Å²) < 4.78 is 12.6. The Morgan fingerprint density at radius 2 is 2.05 bits per heavy atom. The van der Waals surface area contributed by atoms with Crippen molar-refractivity contribution in [3.05, 3.63) is 33.8 Å². The van der Waals surface area contributed by atoms with Gasteiger partial charge in [-0.05, 0) is 55.7 Å². The van der Waals surface area contributed by atoms with Gasteiger partial charge in [0.05, 0.1) is 11.7 Å². The summed E-state index contributed by atoms with van der Waals surface area (Å²) in [7, 11) is 0. The molecule has 0 aliphatic carbocycles. The number of hydrogen-bond acceptors (Lipinski definition) is 3. The van der Waals surface area contributed by atoms with Crippen molar-refractivity contribution in [2.24, 2.45) is 5.92 Å². The standard InChI is InChI=1S/C17H23BrO3/c1-12-2-3-13(10-15(12)18)16(19)14-4-7-21-17(11-14)5-8-20-9-6-17/h2-3,10,14,16,19H,4-9,11H2,1H3. The second-order valence-corrected chi connectivity index (χ2v) is 7.20. The summed E-state index contributed by atoms with van der Waals surface area (Å²) in [6, 6.07) is 6.15. The van der Waals surface area contributed by atoms with Crippen LogP contribution in [0.1, 0.15) is 42.9 Å². The van der Waals surface area contributed by atoms with Crippen LogP contribution in [0.25, 0.3) is 0 Å². The molecular weight excluding hydrogens is 332 g/mol. The van der Waals surface area contributed by atoms with Crippen molar-refractivity contribution in [3.63, 3.8) is 0 Å². The number of aliphatic hydroxyl groups excluding tert-OH is 1. The van der Waals surface area contributed by atoms with Crippen LogP contribution in [-0.2, 0) is 9.47 Å². The summed E-state index contributed by atoms with van der Waals surface area (Å²) in [5, 5.41) is 10.8. The highest BCUT2D eigenvalue weighted by Crippen LogP contribution is 2.42. The van der Waals surface area contributed by atoms with Gasteiger partial charge in [-0.1, -0.05) is 28.1 Å². The number of rotatable bonds is 2. The summed E-state index contributed by atoms with van der Waals surface area (Å²) >= 11 is 3.56. The van der Waals surface area contributed by atoms with Crippen LogP contribution in [0, 0.1) is 12.8 Å². The second-order valence-electron chi connectivity index (χ2n) is 6.35. The Morgan fingerprint density at radius 3 is 2.76 bits per heavy atom. The van der Waals surface area contributed by atoms with E-state index < -0.39 is 6.10 Å². The van der Waals surface area contributed by atoms with Gasteiger partial charge in [0, 0.05) is 24.3 Å². The number of aliphatic hydroxyl groups is 1. The Labute approximate surface area is 134 Å². The minimum Gasteiger partial charge on any atom is -0.388 e. The summed E-state index contributed by atoms with van der Waals surface area (Å²) in [6.45, 7) is 4.36. The van der Waals surface area contributed by atoms with Crippen LogP contribution < -0.4 is 0 Å². The lowest BCUT2D eigenvalue weighted by atomic mass is 9.77. The molecule has 0 radical (unpaired) electrons. The van der Waals surface area contributed by atoms with Gasteiger partial charge in [-0.3, -0.25) is 0 Å². The molecule has 116 valence electrons. The summed E-state index contributed by atoms with van der Waals surface area (Å²) in [4.78, 5) is 0. The van der Waals surface area contributed by atoms with Crippen molar-refractivity contribution in [1.82, 2.24) is 0 Å². The maximum absolute atomic E-state index is 10.8. The van der Waals surface area contributed by atoms with Gasteiger partial charge >= 0.3 is 0 Å². The smallest absolute Gasteiger partial charge is 0.0820 e. The molecule has 1 N–H and O–H groups in total. The molecule has 2 heterocycles. The fraction of sp³-hybridized carbons (Fsp3) is 0.647. The van der Waals surface area contributed by atoms with Gasteiger partial charge in [-0.2, -0.15) is 0 Å². The maximum Gasteiger partial charge on any atom is 0.0820 e.